The first-order valence-electron chi connectivity index (χ1n) is 6.96. The molecule has 3 rings (SSSR count). The fourth-order valence-electron chi connectivity index (χ4n) is 2.89. The van der Waals surface area contributed by atoms with Gasteiger partial charge in [-0.3, -0.25) is 0 Å². The highest BCUT2D eigenvalue weighted by molar-refractivity contribution is 5.89. The Morgan fingerprint density at radius 1 is 1.00 bits per heavy atom. The van der Waals surface area contributed by atoms with Gasteiger partial charge in [-0.2, -0.15) is 0 Å². The molecule has 0 saturated carbocycles. The summed E-state index contributed by atoms with van der Waals surface area (Å²) in [6.07, 6.45) is 0.710. The summed E-state index contributed by atoms with van der Waals surface area (Å²) in [4.78, 5) is 0. The number of aromatic nitrogens is 1. The lowest BCUT2D eigenvalue weighted by Crippen LogP contribution is -1.95. The summed E-state index contributed by atoms with van der Waals surface area (Å²) in [5, 5.41) is 10.5. The van der Waals surface area contributed by atoms with Crippen molar-refractivity contribution in [2.24, 2.45) is 7.05 Å². The van der Waals surface area contributed by atoms with Crippen LogP contribution in [0.15, 0.2) is 48.5 Å². The molecule has 3 aromatic rings. The fraction of sp³-hybridized carbons (Fsp3) is 0.222. The molecule has 2 aromatic carbocycles. The highest BCUT2D eigenvalue weighted by Gasteiger charge is 2.12. The predicted molar refractivity (Wildman–Crippen MR) is 83.9 cm³/mol. The second-order valence-electron chi connectivity index (χ2n) is 5.19. The topological polar surface area (TPSA) is 25.2 Å². The molecule has 0 unspecified atom stereocenters. The molecule has 0 radical (unpaired) electrons. The zero-order valence-electron chi connectivity index (χ0n) is 11.9. The fourth-order valence-corrected chi connectivity index (χ4v) is 2.89. The third-order valence-corrected chi connectivity index (χ3v) is 4.09. The SMILES string of the molecule is Cc1c(CCO)c2cc(-c3ccccc3)ccc2n1C. The number of hydrogen-bond donors (Lipinski definition) is 1. The molecular formula is C18H19NO. The number of aliphatic hydroxyl groups excluding tert-OH is 1. The number of aliphatic hydroxyl groups is 1. The number of hydrogen-bond acceptors (Lipinski definition) is 1. The monoisotopic (exact) mass is 265 g/mol. The van der Waals surface area contributed by atoms with Crippen LogP contribution < -0.4 is 0 Å². The molecular weight excluding hydrogens is 246 g/mol. The van der Waals surface area contributed by atoms with Gasteiger partial charge in [0.25, 0.3) is 0 Å². The first-order chi connectivity index (χ1) is 9.72. The summed E-state index contributed by atoms with van der Waals surface area (Å²) in [6.45, 7) is 2.31. The van der Waals surface area contributed by atoms with E-state index in [2.05, 4.69) is 61.0 Å². The van der Waals surface area contributed by atoms with Gasteiger partial charge in [-0.1, -0.05) is 36.4 Å². The quantitative estimate of drug-likeness (QED) is 0.767. The Labute approximate surface area is 119 Å². The highest BCUT2D eigenvalue weighted by atomic mass is 16.2. The predicted octanol–water partition coefficient (Wildman–Crippen LogP) is 3.69. The van der Waals surface area contributed by atoms with Gasteiger partial charge in [0, 0.05) is 30.3 Å². The second kappa shape index (κ2) is 5.14. The molecule has 0 bridgehead atoms. The molecule has 20 heavy (non-hydrogen) atoms. The lowest BCUT2D eigenvalue weighted by molar-refractivity contribution is 0.299. The maximum absolute atomic E-state index is 9.29. The molecule has 0 amide bonds. The number of benzene rings is 2. The van der Waals surface area contributed by atoms with Gasteiger partial charge < -0.3 is 9.67 Å². The maximum atomic E-state index is 9.29. The van der Waals surface area contributed by atoms with Crippen molar-refractivity contribution in [1.29, 1.82) is 0 Å². The first kappa shape index (κ1) is 12.9. The zero-order valence-corrected chi connectivity index (χ0v) is 11.9. The summed E-state index contributed by atoms with van der Waals surface area (Å²) < 4.78 is 2.20. The van der Waals surface area contributed by atoms with Crippen LogP contribution in [-0.4, -0.2) is 16.3 Å². The number of aryl methyl sites for hydroxylation is 1. The molecule has 1 aromatic heterocycles. The third-order valence-electron chi connectivity index (χ3n) is 4.09. The van der Waals surface area contributed by atoms with E-state index in [0.29, 0.717) is 6.42 Å². The Morgan fingerprint density at radius 3 is 2.45 bits per heavy atom. The van der Waals surface area contributed by atoms with Gasteiger partial charge in [-0.15, -0.1) is 0 Å². The van der Waals surface area contributed by atoms with Gasteiger partial charge in [-0.05, 0) is 42.2 Å². The Hall–Kier alpha value is -2.06. The second-order valence-corrected chi connectivity index (χ2v) is 5.19. The van der Waals surface area contributed by atoms with Crippen molar-refractivity contribution in [3.8, 4) is 11.1 Å². The summed E-state index contributed by atoms with van der Waals surface area (Å²) in [5.74, 6) is 0. The van der Waals surface area contributed by atoms with Gasteiger partial charge in [0.1, 0.15) is 0 Å². The molecule has 0 spiro atoms. The van der Waals surface area contributed by atoms with Crippen LogP contribution in [0.1, 0.15) is 11.3 Å². The minimum atomic E-state index is 0.190. The Balaban J connectivity index is 2.22. The Bertz CT molecular complexity index is 741. The van der Waals surface area contributed by atoms with Crippen LogP contribution in [0.4, 0.5) is 0 Å². The Kier molecular flexibility index (Phi) is 3.33. The van der Waals surface area contributed by atoms with Crippen molar-refractivity contribution >= 4 is 10.9 Å². The van der Waals surface area contributed by atoms with Crippen molar-refractivity contribution in [2.45, 2.75) is 13.3 Å². The van der Waals surface area contributed by atoms with E-state index in [1.54, 1.807) is 0 Å². The normalized spacial score (nSPS) is 11.2. The summed E-state index contributed by atoms with van der Waals surface area (Å²) >= 11 is 0. The van der Waals surface area contributed by atoms with E-state index in [0.717, 1.165) is 0 Å². The Morgan fingerprint density at radius 2 is 1.75 bits per heavy atom. The zero-order chi connectivity index (χ0) is 14.1. The van der Waals surface area contributed by atoms with E-state index in [-0.39, 0.29) is 6.61 Å². The molecule has 0 aliphatic rings. The van der Waals surface area contributed by atoms with Crippen molar-refractivity contribution in [1.82, 2.24) is 4.57 Å². The van der Waals surface area contributed by atoms with E-state index in [1.165, 1.54) is 33.3 Å². The van der Waals surface area contributed by atoms with Crippen molar-refractivity contribution in [3.63, 3.8) is 0 Å². The molecule has 2 heteroatoms. The summed E-state index contributed by atoms with van der Waals surface area (Å²) in [6, 6.07) is 17.0. The minimum absolute atomic E-state index is 0.190. The lowest BCUT2D eigenvalue weighted by Gasteiger charge is -2.03. The molecule has 0 aliphatic heterocycles. The molecule has 1 heterocycles. The van der Waals surface area contributed by atoms with E-state index in [9.17, 15) is 5.11 Å². The van der Waals surface area contributed by atoms with E-state index < -0.39 is 0 Å². The van der Waals surface area contributed by atoms with Crippen LogP contribution in [0.3, 0.4) is 0 Å². The highest BCUT2D eigenvalue weighted by Crippen LogP contribution is 2.30. The van der Waals surface area contributed by atoms with Crippen molar-refractivity contribution in [2.75, 3.05) is 6.61 Å². The van der Waals surface area contributed by atoms with Gasteiger partial charge >= 0.3 is 0 Å². The molecule has 0 fully saturated rings. The molecule has 0 saturated heterocycles. The van der Waals surface area contributed by atoms with E-state index in [1.807, 2.05) is 6.07 Å². The van der Waals surface area contributed by atoms with Crippen LogP contribution in [0.5, 0.6) is 0 Å². The number of nitrogens with zero attached hydrogens (tertiary/aromatic N) is 1. The van der Waals surface area contributed by atoms with Crippen LogP contribution in [-0.2, 0) is 13.5 Å². The standard InChI is InChI=1S/C18H19NO/c1-13-16(10-11-20)17-12-15(8-9-18(17)19(13)2)14-6-4-3-5-7-14/h3-9,12,20H,10-11H2,1-2H3. The summed E-state index contributed by atoms with van der Waals surface area (Å²) in [5.41, 5.74) is 6.17. The number of rotatable bonds is 3. The van der Waals surface area contributed by atoms with E-state index >= 15 is 0 Å². The molecule has 1 N–H and O–H groups in total. The molecule has 102 valence electrons. The largest absolute Gasteiger partial charge is 0.396 e. The minimum Gasteiger partial charge on any atom is -0.396 e. The van der Waals surface area contributed by atoms with Gasteiger partial charge in [0.15, 0.2) is 0 Å². The van der Waals surface area contributed by atoms with Crippen LogP contribution in [0.2, 0.25) is 0 Å². The van der Waals surface area contributed by atoms with Crippen LogP contribution in [0.25, 0.3) is 22.0 Å². The average Bonchev–Trinajstić information content (AvgIpc) is 2.73. The smallest absolute Gasteiger partial charge is 0.0483 e. The average molecular weight is 265 g/mol. The van der Waals surface area contributed by atoms with Crippen molar-refractivity contribution < 1.29 is 5.11 Å². The van der Waals surface area contributed by atoms with Crippen molar-refractivity contribution in [3.05, 3.63) is 59.8 Å². The van der Waals surface area contributed by atoms with E-state index in [4.69, 9.17) is 0 Å². The third kappa shape index (κ3) is 2.02. The first-order valence-corrected chi connectivity index (χ1v) is 6.96. The lowest BCUT2D eigenvalue weighted by atomic mass is 10.0. The van der Waals surface area contributed by atoms with Crippen LogP contribution >= 0.6 is 0 Å². The summed E-state index contributed by atoms with van der Waals surface area (Å²) in [7, 11) is 2.08. The number of fused-ring (bicyclic) bond motifs is 1. The van der Waals surface area contributed by atoms with Gasteiger partial charge in [0.05, 0.1) is 0 Å². The molecule has 0 atom stereocenters. The van der Waals surface area contributed by atoms with Gasteiger partial charge in [0.2, 0.25) is 0 Å². The van der Waals surface area contributed by atoms with Gasteiger partial charge in [-0.25, -0.2) is 0 Å². The molecule has 0 aliphatic carbocycles. The van der Waals surface area contributed by atoms with Crippen LogP contribution in [0, 0.1) is 6.92 Å². The maximum Gasteiger partial charge on any atom is 0.0483 e. The molecule has 2 nitrogen and oxygen atoms in total.